The molecular weight excluding hydrogens is 267 g/mol. The molecule has 18 heavy (non-hydrogen) atoms. The summed E-state index contributed by atoms with van der Waals surface area (Å²) in [4.78, 5) is 5.27. The Kier molecular flexibility index (Phi) is 4.74. The zero-order chi connectivity index (χ0) is 13.0. The molecule has 5 heteroatoms. The van der Waals surface area contributed by atoms with Crippen LogP contribution in [0.5, 0.6) is 0 Å². The average molecular weight is 282 g/mol. The first-order valence-corrected chi connectivity index (χ1v) is 7.50. The highest BCUT2D eigenvalue weighted by molar-refractivity contribution is 8.01. The van der Waals surface area contributed by atoms with E-state index in [-0.39, 0.29) is 11.9 Å². The number of thiazole rings is 1. The average Bonchev–Trinajstić information content (AvgIpc) is 2.85. The van der Waals surface area contributed by atoms with Gasteiger partial charge in [-0.05, 0) is 36.6 Å². The van der Waals surface area contributed by atoms with Gasteiger partial charge in [-0.2, -0.15) is 0 Å². The molecule has 0 saturated heterocycles. The molecule has 0 amide bonds. The quantitative estimate of drug-likeness (QED) is 0.908. The summed E-state index contributed by atoms with van der Waals surface area (Å²) in [7, 11) is 0. The van der Waals surface area contributed by atoms with Crippen molar-refractivity contribution >= 4 is 23.1 Å². The highest BCUT2D eigenvalue weighted by Crippen LogP contribution is 2.32. The lowest BCUT2D eigenvalue weighted by Gasteiger charge is -2.12. The molecule has 1 unspecified atom stereocenters. The maximum absolute atomic E-state index is 13.3. The Hall–Kier alpha value is -0.910. The number of nitrogens with zero attached hydrogens (tertiary/aromatic N) is 1. The lowest BCUT2D eigenvalue weighted by molar-refractivity contribution is 0.610. The van der Waals surface area contributed by atoms with E-state index in [1.807, 2.05) is 12.3 Å². The van der Waals surface area contributed by atoms with Gasteiger partial charge in [0.1, 0.15) is 5.82 Å². The first kappa shape index (κ1) is 13.5. The number of aromatic nitrogens is 1. The molecule has 1 heterocycles. The Labute approximate surface area is 114 Å². The number of hydrogen-bond acceptors (Lipinski definition) is 4. The van der Waals surface area contributed by atoms with Crippen LogP contribution in [0.1, 0.15) is 18.9 Å². The predicted octanol–water partition coefficient (Wildman–Crippen LogP) is 3.71. The van der Waals surface area contributed by atoms with Crippen molar-refractivity contribution in [3.05, 3.63) is 41.2 Å². The molecule has 1 atom stereocenters. The van der Waals surface area contributed by atoms with Gasteiger partial charge in [-0.15, -0.1) is 11.3 Å². The molecule has 0 fully saturated rings. The van der Waals surface area contributed by atoms with Crippen molar-refractivity contribution in [1.82, 2.24) is 4.98 Å². The highest BCUT2D eigenvalue weighted by atomic mass is 32.2. The second-order valence-corrected chi connectivity index (χ2v) is 6.21. The summed E-state index contributed by atoms with van der Waals surface area (Å²) in [6, 6.07) is 4.93. The van der Waals surface area contributed by atoms with E-state index in [2.05, 4.69) is 4.98 Å². The molecule has 2 rings (SSSR count). The Morgan fingerprint density at radius 3 is 3.00 bits per heavy atom. The van der Waals surface area contributed by atoms with Gasteiger partial charge in [0.15, 0.2) is 4.34 Å². The molecule has 0 saturated carbocycles. The van der Waals surface area contributed by atoms with Crippen molar-refractivity contribution in [3.63, 3.8) is 0 Å². The van der Waals surface area contributed by atoms with Gasteiger partial charge in [0, 0.05) is 22.5 Å². The highest BCUT2D eigenvalue weighted by Gasteiger charge is 2.10. The van der Waals surface area contributed by atoms with E-state index in [0.29, 0.717) is 6.42 Å². The number of nitrogens with two attached hydrogens (primary N) is 1. The lowest BCUT2D eigenvalue weighted by Crippen LogP contribution is -2.21. The molecule has 0 aliphatic rings. The van der Waals surface area contributed by atoms with Crippen LogP contribution in [0.4, 0.5) is 4.39 Å². The molecule has 0 bridgehead atoms. The van der Waals surface area contributed by atoms with Crippen LogP contribution in [0.15, 0.2) is 39.0 Å². The van der Waals surface area contributed by atoms with Gasteiger partial charge in [0.2, 0.25) is 0 Å². The zero-order valence-corrected chi connectivity index (χ0v) is 11.7. The third-order valence-corrected chi connectivity index (χ3v) is 4.64. The first-order valence-electron chi connectivity index (χ1n) is 5.80. The van der Waals surface area contributed by atoms with Gasteiger partial charge in [-0.1, -0.05) is 18.7 Å². The minimum Gasteiger partial charge on any atom is -0.327 e. The number of halogens is 1. The summed E-state index contributed by atoms with van der Waals surface area (Å²) in [5, 5.41) is 1.93. The van der Waals surface area contributed by atoms with E-state index in [1.165, 1.54) is 6.07 Å². The summed E-state index contributed by atoms with van der Waals surface area (Å²) in [5.74, 6) is -0.211. The minimum atomic E-state index is -0.211. The van der Waals surface area contributed by atoms with Gasteiger partial charge >= 0.3 is 0 Å². The van der Waals surface area contributed by atoms with E-state index in [0.717, 1.165) is 21.2 Å². The predicted molar refractivity (Wildman–Crippen MR) is 74.6 cm³/mol. The van der Waals surface area contributed by atoms with Crippen LogP contribution in [0.2, 0.25) is 0 Å². The monoisotopic (exact) mass is 282 g/mol. The SMILES string of the molecule is CCC(N)Cc1cc(F)ccc1Sc1nccs1. The van der Waals surface area contributed by atoms with Gasteiger partial charge in [-0.3, -0.25) is 0 Å². The molecule has 2 N–H and O–H groups in total. The molecule has 0 spiro atoms. The lowest BCUT2D eigenvalue weighted by atomic mass is 10.0. The van der Waals surface area contributed by atoms with E-state index in [9.17, 15) is 4.39 Å². The second kappa shape index (κ2) is 6.31. The number of benzene rings is 1. The molecular formula is C13H15FN2S2. The third kappa shape index (κ3) is 3.54. The summed E-state index contributed by atoms with van der Waals surface area (Å²) >= 11 is 3.15. The summed E-state index contributed by atoms with van der Waals surface area (Å²) in [6.07, 6.45) is 3.35. The van der Waals surface area contributed by atoms with Crippen molar-refractivity contribution < 1.29 is 4.39 Å². The van der Waals surface area contributed by atoms with Crippen LogP contribution in [-0.4, -0.2) is 11.0 Å². The number of hydrogen-bond donors (Lipinski definition) is 1. The van der Waals surface area contributed by atoms with Crippen molar-refractivity contribution in [2.75, 3.05) is 0 Å². The Bertz CT molecular complexity index is 500. The molecule has 0 aliphatic carbocycles. The fourth-order valence-corrected chi connectivity index (χ4v) is 3.29. The summed E-state index contributed by atoms with van der Waals surface area (Å²) < 4.78 is 14.3. The van der Waals surface area contributed by atoms with Crippen LogP contribution >= 0.6 is 23.1 Å². The van der Waals surface area contributed by atoms with Crippen molar-refractivity contribution in [3.8, 4) is 0 Å². The zero-order valence-electron chi connectivity index (χ0n) is 10.1. The normalized spacial score (nSPS) is 12.6. The minimum absolute atomic E-state index is 0.0717. The van der Waals surface area contributed by atoms with E-state index >= 15 is 0 Å². The van der Waals surface area contributed by atoms with Crippen LogP contribution < -0.4 is 5.73 Å². The fourth-order valence-electron chi connectivity index (χ4n) is 1.59. The molecule has 0 radical (unpaired) electrons. The topological polar surface area (TPSA) is 38.9 Å². The summed E-state index contributed by atoms with van der Waals surface area (Å²) in [6.45, 7) is 2.04. The molecule has 96 valence electrons. The first-order chi connectivity index (χ1) is 8.69. The smallest absolute Gasteiger partial charge is 0.154 e. The second-order valence-electron chi connectivity index (χ2n) is 4.02. The van der Waals surface area contributed by atoms with Crippen molar-refractivity contribution in [1.29, 1.82) is 0 Å². The Balaban J connectivity index is 2.22. The fraction of sp³-hybridized carbons (Fsp3) is 0.308. The third-order valence-electron chi connectivity index (χ3n) is 2.64. The van der Waals surface area contributed by atoms with Crippen LogP contribution in [-0.2, 0) is 6.42 Å². The summed E-state index contributed by atoms with van der Waals surface area (Å²) in [5.41, 5.74) is 6.92. The van der Waals surface area contributed by atoms with Crippen LogP contribution in [0, 0.1) is 5.82 Å². The van der Waals surface area contributed by atoms with Crippen molar-refractivity contribution in [2.45, 2.75) is 35.0 Å². The van der Waals surface area contributed by atoms with Gasteiger partial charge in [0.25, 0.3) is 0 Å². The largest absolute Gasteiger partial charge is 0.327 e. The standard InChI is InChI=1S/C13H15FN2S2/c1-2-11(15)8-9-7-10(14)3-4-12(9)18-13-16-5-6-17-13/h3-7,11H,2,8,15H2,1H3. The van der Waals surface area contributed by atoms with Gasteiger partial charge < -0.3 is 5.73 Å². The van der Waals surface area contributed by atoms with Gasteiger partial charge in [0.05, 0.1) is 0 Å². The van der Waals surface area contributed by atoms with Gasteiger partial charge in [-0.25, -0.2) is 9.37 Å². The molecule has 2 nitrogen and oxygen atoms in total. The Morgan fingerprint density at radius 1 is 1.50 bits per heavy atom. The molecule has 0 aliphatic heterocycles. The molecule has 1 aromatic carbocycles. The number of rotatable bonds is 5. The molecule has 2 aromatic rings. The van der Waals surface area contributed by atoms with E-state index in [1.54, 1.807) is 41.4 Å². The van der Waals surface area contributed by atoms with E-state index in [4.69, 9.17) is 5.73 Å². The van der Waals surface area contributed by atoms with Crippen LogP contribution in [0.25, 0.3) is 0 Å². The van der Waals surface area contributed by atoms with E-state index < -0.39 is 0 Å². The maximum Gasteiger partial charge on any atom is 0.154 e. The van der Waals surface area contributed by atoms with Crippen molar-refractivity contribution in [2.24, 2.45) is 5.73 Å². The van der Waals surface area contributed by atoms with Crippen LogP contribution in [0.3, 0.4) is 0 Å². The molecule has 1 aromatic heterocycles. The maximum atomic E-state index is 13.3. The Morgan fingerprint density at radius 2 is 2.33 bits per heavy atom.